The second-order valence-corrected chi connectivity index (χ2v) is 5.36. The van der Waals surface area contributed by atoms with E-state index in [4.69, 9.17) is 11.6 Å². The van der Waals surface area contributed by atoms with Crippen LogP contribution in [0.15, 0.2) is 36.4 Å². The summed E-state index contributed by atoms with van der Waals surface area (Å²) in [5.41, 5.74) is 2.51. The topological polar surface area (TPSA) is 57.8 Å². The summed E-state index contributed by atoms with van der Waals surface area (Å²) in [6.45, 7) is 2.15. The third-order valence-electron chi connectivity index (χ3n) is 3.31. The van der Waals surface area contributed by atoms with Crippen LogP contribution < -0.4 is 5.32 Å². The number of aromatic nitrogens is 2. The zero-order valence-electron chi connectivity index (χ0n) is 11.8. The molecule has 3 rings (SSSR count). The Morgan fingerprint density at radius 2 is 2.18 bits per heavy atom. The summed E-state index contributed by atoms with van der Waals surface area (Å²) in [4.78, 5) is 19.5. The van der Waals surface area contributed by atoms with Gasteiger partial charge in [0, 0.05) is 6.54 Å². The second kappa shape index (κ2) is 5.77. The molecule has 0 aliphatic heterocycles. The first kappa shape index (κ1) is 14.5. The minimum Gasteiger partial charge on any atom is -0.348 e. The first-order valence-corrected chi connectivity index (χ1v) is 7.10. The van der Waals surface area contributed by atoms with E-state index in [-0.39, 0.29) is 17.1 Å². The van der Waals surface area contributed by atoms with Crippen LogP contribution in [0.25, 0.3) is 11.0 Å². The number of rotatable bonds is 3. The van der Waals surface area contributed by atoms with Crippen molar-refractivity contribution in [2.24, 2.45) is 0 Å². The molecule has 0 atom stereocenters. The van der Waals surface area contributed by atoms with E-state index >= 15 is 0 Å². The third kappa shape index (κ3) is 2.80. The standard InChI is InChI=1S/C16H13ClFN3O/c1-9-20-13-6-5-10(7-14(13)21-9)8-19-16(22)15-11(17)3-2-4-12(15)18/h2-7H,8H2,1H3,(H,19,22)(H,20,21). The number of benzene rings is 2. The molecule has 0 fully saturated rings. The van der Waals surface area contributed by atoms with Crippen molar-refractivity contribution in [2.45, 2.75) is 13.5 Å². The zero-order valence-corrected chi connectivity index (χ0v) is 12.5. The Bertz CT molecular complexity index is 839. The maximum atomic E-state index is 13.7. The van der Waals surface area contributed by atoms with Crippen LogP contribution in [0.2, 0.25) is 5.02 Å². The number of fused-ring (bicyclic) bond motifs is 1. The lowest BCUT2D eigenvalue weighted by atomic mass is 10.1. The Hall–Kier alpha value is -2.40. The fraction of sp³-hybridized carbons (Fsp3) is 0.125. The molecule has 0 bridgehead atoms. The fourth-order valence-electron chi connectivity index (χ4n) is 2.28. The SMILES string of the molecule is Cc1nc2ccc(CNC(=O)c3c(F)cccc3Cl)cc2[nH]1. The van der Waals surface area contributed by atoms with Crippen molar-refractivity contribution < 1.29 is 9.18 Å². The Balaban J connectivity index is 1.77. The van der Waals surface area contributed by atoms with Crippen molar-refractivity contribution in [3.05, 3.63) is 64.2 Å². The molecule has 6 heteroatoms. The Morgan fingerprint density at radius 1 is 1.36 bits per heavy atom. The van der Waals surface area contributed by atoms with Gasteiger partial charge in [-0.3, -0.25) is 4.79 Å². The monoisotopic (exact) mass is 317 g/mol. The van der Waals surface area contributed by atoms with Crippen LogP contribution >= 0.6 is 11.6 Å². The van der Waals surface area contributed by atoms with E-state index < -0.39 is 11.7 Å². The third-order valence-corrected chi connectivity index (χ3v) is 3.62. The number of imidazole rings is 1. The molecule has 0 saturated heterocycles. The minimum atomic E-state index is -0.635. The number of carbonyl (C=O) groups is 1. The molecule has 22 heavy (non-hydrogen) atoms. The van der Waals surface area contributed by atoms with Gasteiger partial charge in [-0.15, -0.1) is 0 Å². The molecule has 0 spiro atoms. The van der Waals surface area contributed by atoms with Gasteiger partial charge in [-0.2, -0.15) is 0 Å². The lowest BCUT2D eigenvalue weighted by Gasteiger charge is -2.08. The van der Waals surface area contributed by atoms with Gasteiger partial charge in [0.15, 0.2) is 0 Å². The Labute approximate surface area is 131 Å². The van der Waals surface area contributed by atoms with Crippen molar-refractivity contribution in [1.29, 1.82) is 0 Å². The van der Waals surface area contributed by atoms with Gasteiger partial charge < -0.3 is 10.3 Å². The molecule has 2 aromatic carbocycles. The van der Waals surface area contributed by atoms with E-state index in [2.05, 4.69) is 15.3 Å². The first-order chi connectivity index (χ1) is 10.5. The highest BCUT2D eigenvalue weighted by Crippen LogP contribution is 2.19. The Kier molecular flexibility index (Phi) is 3.81. The summed E-state index contributed by atoms with van der Waals surface area (Å²) >= 11 is 5.87. The Morgan fingerprint density at radius 3 is 2.95 bits per heavy atom. The van der Waals surface area contributed by atoms with Crippen LogP contribution in [0.3, 0.4) is 0 Å². The molecular formula is C16H13ClFN3O. The van der Waals surface area contributed by atoms with Gasteiger partial charge in [-0.25, -0.2) is 9.37 Å². The molecule has 0 saturated carbocycles. The van der Waals surface area contributed by atoms with Gasteiger partial charge in [0.1, 0.15) is 11.6 Å². The van der Waals surface area contributed by atoms with Gasteiger partial charge >= 0.3 is 0 Å². The summed E-state index contributed by atoms with van der Waals surface area (Å²) in [5, 5.41) is 2.77. The molecule has 1 aromatic heterocycles. The average molecular weight is 318 g/mol. The van der Waals surface area contributed by atoms with Crippen LogP contribution in [-0.2, 0) is 6.54 Å². The molecule has 1 heterocycles. The van der Waals surface area contributed by atoms with E-state index in [1.165, 1.54) is 18.2 Å². The predicted molar refractivity (Wildman–Crippen MR) is 83.4 cm³/mol. The van der Waals surface area contributed by atoms with Gasteiger partial charge in [0.2, 0.25) is 0 Å². The number of halogens is 2. The molecule has 0 unspecified atom stereocenters. The molecule has 1 amide bonds. The van der Waals surface area contributed by atoms with E-state index in [0.29, 0.717) is 0 Å². The number of aromatic amines is 1. The number of aryl methyl sites for hydroxylation is 1. The predicted octanol–water partition coefficient (Wildman–Crippen LogP) is 3.59. The van der Waals surface area contributed by atoms with Crippen molar-refractivity contribution in [1.82, 2.24) is 15.3 Å². The van der Waals surface area contributed by atoms with Crippen molar-refractivity contribution >= 4 is 28.5 Å². The van der Waals surface area contributed by atoms with Gasteiger partial charge in [0.05, 0.1) is 21.6 Å². The highest BCUT2D eigenvalue weighted by Gasteiger charge is 2.15. The molecule has 2 N–H and O–H groups in total. The van der Waals surface area contributed by atoms with E-state index in [1.54, 1.807) is 0 Å². The van der Waals surface area contributed by atoms with Crippen molar-refractivity contribution in [2.75, 3.05) is 0 Å². The van der Waals surface area contributed by atoms with Gasteiger partial charge in [0.25, 0.3) is 5.91 Å². The van der Waals surface area contributed by atoms with Crippen LogP contribution in [0, 0.1) is 12.7 Å². The van der Waals surface area contributed by atoms with E-state index in [0.717, 1.165) is 22.4 Å². The van der Waals surface area contributed by atoms with Crippen molar-refractivity contribution in [3.8, 4) is 0 Å². The molecule has 0 radical (unpaired) electrons. The average Bonchev–Trinajstić information content (AvgIpc) is 2.84. The fourth-order valence-corrected chi connectivity index (χ4v) is 2.53. The smallest absolute Gasteiger partial charge is 0.256 e. The van der Waals surface area contributed by atoms with E-state index in [9.17, 15) is 9.18 Å². The number of H-pyrrole nitrogens is 1. The van der Waals surface area contributed by atoms with Gasteiger partial charge in [-0.05, 0) is 36.8 Å². The van der Waals surface area contributed by atoms with Crippen LogP contribution in [0.5, 0.6) is 0 Å². The molecular weight excluding hydrogens is 305 g/mol. The molecule has 0 aliphatic rings. The molecule has 3 aromatic rings. The summed E-state index contributed by atoms with van der Waals surface area (Å²) < 4.78 is 13.7. The number of amides is 1. The minimum absolute atomic E-state index is 0.0946. The van der Waals surface area contributed by atoms with Crippen LogP contribution in [0.4, 0.5) is 4.39 Å². The summed E-state index contributed by atoms with van der Waals surface area (Å²) in [6, 6.07) is 9.79. The first-order valence-electron chi connectivity index (χ1n) is 6.72. The zero-order chi connectivity index (χ0) is 15.7. The van der Waals surface area contributed by atoms with Crippen molar-refractivity contribution in [3.63, 3.8) is 0 Å². The highest BCUT2D eigenvalue weighted by molar-refractivity contribution is 6.33. The van der Waals surface area contributed by atoms with Crippen LogP contribution in [0.1, 0.15) is 21.7 Å². The summed E-state index contributed by atoms with van der Waals surface area (Å²) in [5.74, 6) is -0.344. The van der Waals surface area contributed by atoms with E-state index in [1.807, 2.05) is 25.1 Å². The largest absolute Gasteiger partial charge is 0.348 e. The maximum Gasteiger partial charge on any atom is 0.256 e. The number of carbonyl (C=O) groups excluding carboxylic acids is 1. The number of hydrogen-bond acceptors (Lipinski definition) is 2. The van der Waals surface area contributed by atoms with Gasteiger partial charge in [-0.1, -0.05) is 23.7 Å². The summed E-state index contributed by atoms with van der Waals surface area (Å²) in [7, 11) is 0. The second-order valence-electron chi connectivity index (χ2n) is 4.95. The quantitative estimate of drug-likeness (QED) is 0.775. The normalized spacial score (nSPS) is 10.9. The molecule has 112 valence electrons. The highest BCUT2D eigenvalue weighted by atomic mass is 35.5. The summed E-state index contributed by atoms with van der Waals surface area (Å²) in [6.07, 6.45) is 0. The lowest BCUT2D eigenvalue weighted by Crippen LogP contribution is -2.24. The lowest BCUT2D eigenvalue weighted by molar-refractivity contribution is 0.0947. The number of nitrogens with zero attached hydrogens (tertiary/aromatic N) is 1. The van der Waals surface area contributed by atoms with Crippen LogP contribution in [-0.4, -0.2) is 15.9 Å². The number of nitrogens with one attached hydrogen (secondary N) is 2. The molecule has 0 aliphatic carbocycles. The maximum absolute atomic E-state index is 13.7. The number of hydrogen-bond donors (Lipinski definition) is 2. The molecule has 4 nitrogen and oxygen atoms in total.